The van der Waals surface area contributed by atoms with E-state index in [1.54, 1.807) is 11.8 Å². The summed E-state index contributed by atoms with van der Waals surface area (Å²) < 4.78 is 4.60. The molecule has 2 N–H and O–H groups in total. The molecule has 0 aromatic carbocycles. The van der Waals surface area contributed by atoms with Gasteiger partial charge in [-0.15, -0.1) is 6.58 Å². The van der Waals surface area contributed by atoms with Gasteiger partial charge in [0, 0.05) is 31.5 Å². The summed E-state index contributed by atoms with van der Waals surface area (Å²) in [7, 11) is 1.30. The Morgan fingerprint density at radius 1 is 1.53 bits per heavy atom. The maximum absolute atomic E-state index is 11.3. The molecule has 0 spiro atoms. The standard InChI is InChI=1S/C11H20N2O3S/c1-4-6-17-7-5-12-8-10(11(15)16-3)13-9(2)14/h4,10,12H,1,5-8H2,2-3H3,(H,13,14). The number of nitrogens with one attached hydrogen (secondary N) is 2. The first-order chi connectivity index (χ1) is 8.11. The Hall–Kier alpha value is -1.01. The van der Waals surface area contributed by atoms with Crippen molar-refractivity contribution in [2.24, 2.45) is 0 Å². The first-order valence-corrected chi connectivity index (χ1v) is 6.51. The number of carbonyl (C=O) groups excluding carboxylic acids is 2. The maximum atomic E-state index is 11.3. The van der Waals surface area contributed by atoms with Crippen LogP contribution < -0.4 is 10.6 Å². The van der Waals surface area contributed by atoms with Gasteiger partial charge in [0.25, 0.3) is 0 Å². The van der Waals surface area contributed by atoms with Crippen molar-refractivity contribution in [2.75, 3.05) is 31.7 Å². The van der Waals surface area contributed by atoms with Gasteiger partial charge in [-0.3, -0.25) is 4.79 Å². The zero-order valence-corrected chi connectivity index (χ0v) is 11.1. The highest BCUT2D eigenvalue weighted by atomic mass is 32.2. The van der Waals surface area contributed by atoms with E-state index in [4.69, 9.17) is 0 Å². The second-order valence-corrected chi connectivity index (χ2v) is 4.49. The quantitative estimate of drug-likeness (QED) is 0.351. The lowest BCUT2D eigenvalue weighted by atomic mass is 10.3. The Balaban J connectivity index is 3.79. The van der Waals surface area contributed by atoms with E-state index in [1.807, 2.05) is 6.08 Å². The van der Waals surface area contributed by atoms with Crippen molar-refractivity contribution in [1.82, 2.24) is 10.6 Å². The summed E-state index contributed by atoms with van der Waals surface area (Å²) in [6.07, 6.45) is 1.85. The van der Waals surface area contributed by atoms with Crippen LogP contribution in [0.15, 0.2) is 12.7 Å². The summed E-state index contributed by atoms with van der Waals surface area (Å²) in [6, 6.07) is -0.623. The molecule has 0 saturated carbocycles. The normalized spacial score (nSPS) is 11.6. The minimum Gasteiger partial charge on any atom is -0.467 e. The minimum absolute atomic E-state index is 0.247. The van der Waals surface area contributed by atoms with Crippen LogP contribution in [0.5, 0.6) is 0 Å². The Labute approximate surface area is 106 Å². The van der Waals surface area contributed by atoms with Crippen LogP contribution in [0.2, 0.25) is 0 Å². The Kier molecular flexibility index (Phi) is 9.56. The molecule has 0 aromatic rings. The van der Waals surface area contributed by atoms with Gasteiger partial charge in [0.2, 0.25) is 5.91 Å². The van der Waals surface area contributed by atoms with Gasteiger partial charge in [-0.1, -0.05) is 6.08 Å². The van der Waals surface area contributed by atoms with Crippen LogP contribution in [0.3, 0.4) is 0 Å². The highest BCUT2D eigenvalue weighted by Gasteiger charge is 2.18. The molecule has 0 aromatic heterocycles. The summed E-state index contributed by atoms with van der Waals surface area (Å²) in [6.45, 7) is 6.14. The number of carbonyl (C=O) groups is 2. The first kappa shape index (κ1) is 16.0. The van der Waals surface area contributed by atoms with E-state index in [0.717, 1.165) is 18.1 Å². The highest BCUT2D eigenvalue weighted by Crippen LogP contribution is 1.97. The molecule has 0 fully saturated rings. The molecule has 0 aliphatic heterocycles. The Morgan fingerprint density at radius 3 is 2.76 bits per heavy atom. The van der Waals surface area contributed by atoms with Crippen LogP contribution in [0.4, 0.5) is 0 Å². The minimum atomic E-state index is -0.623. The first-order valence-electron chi connectivity index (χ1n) is 5.36. The number of methoxy groups -OCH3 is 1. The van der Waals surface area contributed by atoms with Gasteiger partial charge in [0.15, 0.2) is 0 Å². The molecule has 17 heavy (non-hydrogen) atoms. The van der Waals surface area contributed by atoms with Crippen LogP contribution in [0.25, 0.3) is 0 Å². The van der Waals surface area contributed by atoms with Crippen molar-refractivity contribution >= 4 is 23.6 Å². The third kappa shape index (κ3) is 8.76. The Bertz CT molecular complexity index is 259. The van der Waals surface area contributed by atoms with Crippen molar-refractivity contribution in [3.63, 3.8) is 0 Å². The molecule has 0 rings (SSSR count). The molecule has 1 atom stereocenters. The summed E-state index contributed by atoms with van der Waals surface area (Å²) in [5.41, 5.74) is 0. The van der Waals surface area contributed by atoms with E-state index in [9.17, 15) is 9.59 Å². The van der Waals surface area contributed by atoms with Gasteiger partial charge in [-0.2, -0.15) is 11.8 Å². The number of hydrogen-bond donors (Lipinski definition) is 2. The summed E-state index contributed by atoms with van der Waals surface area (Å²) in [4.78, 5) is 22.2. The van der Waals surface area contributed by atoms with Crippen molar-refractivity contribution in [1.29, 1.82) is 0 Å². The summed E-state index contributed by atoms with van der Waals surface area (Å²) in [5.74, 6) is 1.16. The molecule has 0 saturated heterocycles. The largest absolute Gasteiger partial charge is 0.467 e. The topological polar surface area (TPSA) is 67.4 Å². The van der Waals surface area contributed by atoms with E-state index >= 15 is 0 Å². The molecular weight excluding hydrogens is 240 g/mol. The number of esters is 1. The van der Waals surface area contributed by atoms with Gasteiger partial charge < -0.3 is 15.4 Å². The zero-order valence-electron chi connectivity index (χ0n) is 10.3. The van der Waals surface area contributed by atoms with Gasteiger partial charge in [-0.25, -0.2) is 4.79 Å². The average Bonchev–Trinajstić information content (AvgIpc) is 2.30. The summed E-state index contributed by atoms with van der Waals surface area (Å²) >= 11 is 1.75. The van der Waals surface area contributed by atoms with E-state index < -0.39 is 12.0 Å². The van der Waals surface area contributed by atoms with Crippen LogP contribution in [0, 0.1) is 0 Å². The third-order valence-corrected chi connectivity index (χ3v) is 2.83. The number of amides is 1. The lowest BCUT2D eigenvalue weighted by molar-refractivity contribution is -0.144. The van der Waals surface area contributed by atoms with Crippen molar-refractivity contribution in [3.8, 4) is 0 Å². The van der Waals surface area contributed by atoms with E-state index in [-0.39, 0.29) is 5.91 Å². The lowest BCUT2D eigenvalue weighted by Gasteiger charge is -2.15. The molecule has 1 amide bonds. The van der Waals surface area contributed by atoms with Crippen molar-refractivity contribution in [2.45, 2.75) is 13.0 Å². The van der Waals surface area contributed by atoms with Crippen molar-refractivity contribution < 1.29 is 14.3 Å². The fourth-order valence-corrected chi connectivity index (χ4v) is 1.76. The monoisotopic (exact) mass is 260 g/mol. The van der Waals surface area contributed by atoms with Crippen LogP contribution >= 0.6 is 11.8 Å². The number of hydrogen-bond acceptors (Lipinski definition) is 5. The molecule has 5 nitrogen and oxygen atoms in total. The second-order valence-electron chi connectivity index (χ2n) is 3.34. The number of rotatable bonds is 9. The van der Waals surface area contributed by atoms with Gasteiger partial charge in [0.1, 0.15) is 6.04 Å². The molecule has 0 heterocycles. The summed E-state index contributed by atoms with van der Waals surface area (Å²) in [5, 5.41) is 5.63. The van der Waals surface area contributed by atoms with Gasteiger partial charge in [-0.05, 0) is 0 Å². The zero-order chi connectivity index (χ0) is 13.1. The van der Waals surface area contributed by atoms with Crippen molar-refractivity contribution in [3.05, 3.63) is 12.7 Å². The Morgan fingerprint density at radius 2 is 2.24 bits per heavy atom. The fraction of sp³-hybridized carbons (Fsp3) is 0.636. The SMILES string of the molecule is C=CCSCCNCC(NC(C)=O)C(=O)OC. The van der Waals surface area contributed by atoms with Crippen LogP contribution in [-0.2, 0) is 14.3 Å². The van der Waals surface area contributed by atoms with Crippen LogP contribution in [-0.4, -0.2) is 49.6 Å². The van der Waals surface area contributed by atoms with E-state index in [1.165, 1.54) is 14.0 Å². The molecular formula is C11H20N2O3S. The lowest BCUT2D eigenvalue weighted by Crippen LogP contribution is -2.47. The van der Waals surface area contributed by atoms with E-state index in [0.29, 0.717) is 6.54 Å². The predicted octanol–water partition coefficient (Wildman–Crippen LogP) is 0.173. The number of thioether (sulfide) groups is 1. The molecule has 6 heteroatoms. The van der Waals surface area contributed by atoms with E-state index in [2.05, 4.69) is 21.9 Å². The second kappa shape index (κ2) is 10.2. The fourth-order valence-electron chi connectivity index (χ4n) is 1.14. The van der Waals surface area contributed by atoms with Gasteiger partial charge in [0.05, 0.1) is 7.11 Å². The smallest absolute Gasteiger partial charge is 0.329 e. The molecule has 1 unspecified atom stereocenters. The average molecular weight is 260 g/mol. The van der Waals surface area contributed by atoms with Crippen LogP contribution in [0.1, 0.15) is 6.92 Å². The molecule has 0 aliphatic rings. The van der Waals surface area contributed by atoms with Gasteiger partial charge >= 0.3 is 5.97 Å². The molecule has 98 valence electrons. The maximum Gasteiger partial charge on any atom is 0.329 e. The third-order valence-electron chi connectivity index (χ3n) is 1.87. The number of ether oxygens (including phenoxy) is 1. The highest BCUT2D eigenvalue weighted by molar-refractivity contribution is 7.99. The predicted molar refractivity (Wildman–Crippen MR) is 70.0 cm³/mol. The molecule has 0 radical (unpaired) electrons. The molecule has 0 aliphatic carbocycles. The molecule has 0 bridgehead atoms.